The van der Waals surface area contributed by atoms with Crippen LogP contribution < -0.4 is 0 Å². The van der Waals surface area contributed by atoms with E-state index in [1.165, 1.54) is 69.9 Å². The number of hydrogen-bond donors (Lipinski definition) is 0. The van der Waals surface area contributed by atoms with Gasteiger partial charge >= 0.3 is 0 Å². The molecule has 0 aliphatic carbocycles. The Morgan fingerprint density at radius 3 is 1.59 bits per heavy atom. The third kappa shape index (κ3) is 5.48. The highest BCUT2D eigenvalue weighted by atomic mass is 32.1. The van der Waals surface area contributed by atoms with E-state index in [0.717, 1.165) is 16.7 Å². The Balaban J connectivity index is 0.969. The van der Waals surface area contributed by atoms with Crippen molar-refractivity contribution in [2.24, 2.45) is 0 Å². The number of hydrogen-bond acceptors (Lipinski definition) is 4. The fraction of sp³-hybridized carbons (Fsp3) is 0. The molecule has 3 aromatic heterocycles. The summed E-state index contributed by atoms with van der Waals surface area (Å²) in [6.07, 6.45) is 0. The van der Waals surface area contributed by atoms with E-state index in [2.05, 4.69) is 138 Å². The smallest absolute Gasteiger partial charge is 0.164 e. The summed E-state index contributed by atoms with van der Waals surface area (Å²) < 4.78 is 4.87. The predicted molar refractivity (Wildman–Crippen MR) is 234 cm³/mol. The summed E-state index contributed by atoms with van der Waals surface area (Å²) in [7, 11) is 0. The van der Waals surface area contributed by atoms with Gasteiger partial charge in [0.05, 0.1) is 11.0 Å². The van der Waals surface area contributed by atoms with Crippen LogP contribution in [0.5, 0.6) is 0 Å². The molecule has 56 heavy (non-hydrogen) atoms. The average molecular weight is 733 g/mol. The normalized spacial score (nSPS) is 11.6. The van der Waals surface area contributed by atoms with E-state index in [9.17, 15) is 0 Å². The first-order valence-electron chi connectivity index (χ1n) is 18.8. The first kappa shape index (κ1) is 32.2. The molecule has 0 aliphatic rings. The predicted octanol–water partition coefficient (Wildman–Crippen LogP) is 13.7. The number of benzene rings is 8. The van der Waals surface area contributed by atoms with Crippen LogP contribution in [0.25, 0.3) is 104 Å². The molecule has 0 spiro atoms. The van der Waals surface area contributed by atoms with Crippen LogP contribution in [0, 0.1) is 0 Å². The Morgan fingerprint density at radius 1 is 0.339 bits per heavy atom. The zero-order valence-corrected chi connectivity index (χ0v) is 31.0. The van der Waals surface area contributed by atoms with E-state index in [1.54, 1.807) is 0 Å². The maximum absolute atomic E-state index is 5.00. The lowest BCUT2D eigenvalue weighted by Crippen LogP contribution is -2.00. The van der Waals surface area contributed by atoms with Crippen molar-refractivity contribution < 1.29 is 0 Å². The molecule has 0 aliphatic heterocycles. The van der Waals surface area contributed by atoms with E-state index in [1.807, 2.05) is 72.0 Å². The Bertz CT molecular complexity index is 3160. The molecule has 262 valence electrons. The summed E-state index contributed by atoms with van der Waals surface area (Å²) in [5.41, 5.74) is 11.3. The second-order valence-electron chi connectivity index (χ2n) is 14.0. The molecule has 0 amide bonds. The molecule has 0 atom stereocenters. The average Bonchev–Trinajstić information content (AvgIpc) is 3.82. The lowest BCUT2D eigenvalue weighted by Gasteiger charge is -2.09. The van der Waals surface area contributed by atoms with Crippen LogP contribution in [0.2, 0.25) is 0 Å². The Labute approximate surface area is 327 Å². The van der Waals surface area contributed by atoms with E-state index in [-0.39, 0.29) is 0 Å². The molecular formula is C51H32N4S. The number of fused-ring (bicyclic) bond motifs is 6. The van der Waals surface area contributed by atoms with Crippen molar-refractivity contribution in [1.29, 1.82) is 0 Å². The SMILES string of the molecule is c1ccc(-c2nc(-c3ccccc3)nc(-c3ccc4sc5c(-c6ccc(-c7ccc8c(c7)c7ccccc7n8-c7ccccc7)cc6)cccc5c4c3)n2)cc1. The first-order valence-corrected chi connectivity index (χ1v) is 19.6. The lowest BCUT2D eigenvalue weighted by atomic mass is 9.98. The second kappa shape index (κ2) is 13.3. The van der Waals surface area contributed by atoms with Crippen LogP contribution >= 0.6 is 11.3 Å². The molecule has 4 nitrogen and oxygen atoms in total. The van der Waals surface area contributed by atoms with Gasteiger partial charge in [-0.3, -0.25) is 0 Å². The van der Waals surface area contributed by atoms with Gasteiger partial charge < -0.3 is 4.57 Å². The maximum Gasteiger partial charge on any atom is 0.164 e. The molecule has 8 aromatic carbocycles. The minimum atomic E-state index is 0.661. The van der Waals surface area contributed by atoms with Crippen molar-refractivity contribution in [3.8, 4) is 62.1 Å². The monoisotopic (exact) mass is 732 g/mol. The van der Waals surface area contributed by atoms with Crippen LogP contribution in [0.15, 0.2) is 194 Å². The van der Waals surface area contributed by atoms with Crippen molar-refractivity contribution in [1.82, 2.24) is 19.5 Å². The molecule has 0 unspecified atom stereocenters. The van der Waals surface area contributed by atoms with Crippen molar-refractivity contribution in [2.45, 2.75) is 0 Å². The molecule has 3 heterocycles. The highest BCUT2D eigenvalue weighted by Gasteiger charge is 2.17. The molecule has 0 bridgehead atoms. The van der Waals surface area contributed by atoms with E-state index in [0.29, 0.717) is 17.5 Å². The van der Waals surface area contributed by atoms with Gasteiger partial charge in [-0.1, -0.05) is 146 Å². The second-order valence-corrected chi connectivity index (χ2v) is 15.1. The first-order chi connectivity index (χ1) is 27.7. The lowest BCUT2D eigenvalue weighted by molar-refractivity contribution is 1.07. The summed E-state index contributed by atoms with van der Waals surface area (Å²) in [6, 6.07) is 68.7. The van der Waals surface area contributed by atoms with Crippen molar-refractivity contribution in [3.63, 3.8) is 0 Å². The highest BCUT2D eigenvalue weighted by Crippen LogP contribution is 2.42. The third-order valence-corrected chi connectivity index (χ3v) is 11.9. The molecule has 11 rings (SSSR count). The van der Waals surface area contributed by atoms with E-state index >= 15 is 0 Å². The van der Waals surface area contributed by atoms with Crippen LogP contribution in [0.4, 0.5) is 0 Å². The number of nitrogens with zero attached hydrogens (tertiary/aromatic N) is 4. The van der Waals surface area contributed by atoms with Gasteiger partial charge in [-0.2, -0.15) is 0 Å². The summed E-state index contributed by atoms with van der Waals surface area (Å²) in [5, 5.41) is 4.94. The molecule has 0 fully saturated rings. The van der Waals surface area contributed by atoms with Crippen LogP contribution in [-0.4, -0.2) is 19.5 Å². The minimum absolute atomic E-state index is 0.661. The molecule has 0 radical (unpaired) electrons. The van der Waals surface area contributed by atoms with Crippen LogP contribution in [-0.2, 0) is 0 Å². The molecule has 5 heteroatoms. The van der Waals surface area contributed by atoms with Gasteiger partial charge in [-0.15, -0.1) is 11.3 Å². The van der Waals surface area contributed by atoms with Crippen molar-refractivity contribution in [2.75, 3.05) is 0 Å². The molecule has 0 N–H and O–H groups in total. The fourth-order valence-corrected chi connectivity index (χ4v) is 9.17. The van der Waals surface area contributed by atoms with Gasteiger partial charge in [-0.05, 0) is 70.8 Å². The van der Waals surface area contributed by atoms with Gasteiger partial charge in [0.25, 0.3) is 0 Å². The maximum atomic E-state index is 5.00. The molecule has 0 saturated heterocycles. The van der Waals surface area contributed by atoms with Crippen molar-refractivity contribution >= 4 is 53.3 Å². The summed E-state index contributed by atoms with van der Waals surface area (Å²) in [5.74, 6) is 1.98. The van der Waals surface area contributed by atoms with Gasteiger partial charge in [0, 0.05) is 53.3 Å². The number of para-hydroxylation sites is 2. The minimum Gasteiger partial charge on any atom is -0.309 e. The largest absolute Gasteiger partial charge is 0.309 e. The van der Waals surface area contributed by atoms with Gasteiger partial charge in [0.2, 0.25) is 0 Å². The van der Waals surface area contributed by atoms with Crippen LogP contribution in [0.3, 0.4) is 0 Å². The molecular weight excluding hydrogens is 701 g/mol. The topological polar surface area (TPSA) is 43.6 Å². The van der Waals surface area contributed by atoms with Crippen LogP contribution in [0.1, 0.15) is 0 Å². The summed E-state index contributed by atoms with van der Waals surface area (Å²) in [4.78, 5) is 14.9. The van der Waals surface area contributed by atoms with Crippen molar-refractivity contribution in [3.05, 3.63) is 194 Å². The zero-order valence-electron chi connectivity index (χ0n) is 30.2. The summed E-state index contributed by atoms with van der Waals surface area (Å²) in [6.45, 7) is 0. The standard InChI is InChI=1S/C51H32N4S/c1-4-13-35(14-5-1)49-52-50(36-15-6-2-7-16-36)54-51(53-49)38-28-30-47-44(32-38)42-21-12-20-40(48(42)56-47)34-25-23-33(24-26-34)37-27-29-46-43(31-37)41-19-10-11-22-45(41)55(46)39-17-8-3-9-18-39/h1-32H. The third-order valence-electron chi connectivity index (χ3n) is 10.7. The van der Waals surface area contributed by atoms with Gasteiger partial charge in [0.1, 0.15) is 0 Å². The summed E-state index contributed by atoms with van der Waals surface area (Å²) >= 11 is 1.84. The van der Waals surface area contributed by atoms with E-state index in [4.69, 9.17) is 15.0 Å². The quantitative estimate of drug-likeness (QED) is 0.171. The molecule has 0 saturated carbocycles. The van der Waals surface area contributed by atoms with E-state index < -0.39 is 0 Å². The highest BCUT2D eigenvalue weighted by molar-refractivity contribution is 7.26. The number of thiophene rings is 1. The Kier molecular flexibility index (Phi) is 7.64. The Morgan fingerprint density at radius 2 is 0.875 bits per heavy atom. The Hall–Kier alpha value is -7.21. The van der Waals surface area contributed by atoms with Gasteiger partial charge in [-0.25, -0.2) is 15.0 Å². The number of rotatable bonds is 6. The number of aromatic nitrogens is 4. The van der Waals surface area contributed by atoms with Gasteiger partial charge in [0.15, 0.2) is 17.5 Å². The molecule has 11 aromatic rings. The fourth-order valence-electron chi connectivity index (χ4n) is 7.95. The zero-order chi connectivity index (χ0) is 37.0.